The highest BCUT2D eigenvalue weighted by molar-refractivity contribution is 5.14. The summed E-state index contributed by atoms with van der Waals surface area (Å²) in [6.45, 7) is 10.2. The lowest BCUT2D eigenvalue weighted by atomic mass is 9.91. The molecule has 0 saturated carbocycles. The van der Waals surface area contributed by atoms with Gasteiger partial charge in [0.1, 0.15) is 0 Å². The second-order valence-electron chi connectivity index (χ2n) is 7.53. The van der Waals surface area contributed by atoms with Gasteiger partial charge in [-0.15, -0.1) is 0 Å². The zero-order valence-electron chi connectivity index (χ0n) is 18.9. The van der Waals surface area contributed by atoms with Gasteiger partial charge in [-0.05, 0) is 52.0 Å². The minimum absolute atomic E-state index is 0.266. The molecule has 0 N–H and O–H groups in total. The number of benzene rings is 1. The number of aryl methyl sites for hydroxylation is 1. The van der Waals surface area contributed by atoms with Crippen molar-refractivity contribution in [2.75, 3.05) is 19.8 Å². The summed E-state index contributed by atoms with van der Waals surface area (Å²) in [5.74, 6) is -0.625. The lowest BCUT2D eigenvalue weighted by Crippen LogP contribution is -2.46. The molecule has 0 heterocycles. The van der Waals surface area contributed by atoms with Crippen LogP contribution in [0.5, 0.6) is 0 Å². The summed E-state index contributed by atoms with van der Waals surface area (Å²) in [7, 11) is 0. The van der Waals surface area contributed by atoms with Gasteiger partial charge in [0.25, 0.3) is 5.97 Å². The van der Waals surface area contributed by atoms with Crippen LogP contribution in [0.1, 0.15) is 91.0 Å². The highest BCUT2D eigenvalue weighted by atomic mass is 16.9. The first-order valence-electron chi connectivity index (χ1n) is 11.7. The Balaban J connectivity index is 2.71. The third kappa shape index (κ3) is 9.54. The van der Waals surface area contributed by atoms with Gasteiger partial charge in [0, 0.05) is 25.7 Å². The predicted octanol–water partition coefficient (Wildman–Crippen LogP) is 7.14. The molecule has 1 rings (SSSR count). The van der Waals surface area contributed by atoms with Crippen molar-refractivity contribution in [1.82, 2.24) is 0 Å². The number of hydrogen-bond acceptors (Lipinski definition) is 3. The molecule has 1 unspecified atom stereocenters. The van der Waals surface area contributed by atoms with Gasteiger partial charge in [-0.3, -0.25) is 0 Å². The van der Waals surface area contributed by atoms with E-state index in [0.29, 0.717) is 19.8 Å². The molecule has 3 heteroatoms. The summed E-state index contributed by atoms with van der Waals surface area (Å²) in [6.07, 6.45) is 12.2. The first kappa shape index (κ1) is 25.1. The van der Waals surface area contributed by atoms with Crippen molar-refractivity contribution < 1.29 is 14.2 Å². The number of hydrogen-bond donors (Lipinski definition) is 0. The van der Waals surface area contributed by atoms with E-state index in [0.717, 1.165) is 25.7 Å². The largest absolute Gasteiger partial charge is 0.328 e. The van der Waals surface area contributed by atoms with Crippen molar-refractivity contribution in [3.63, 3.8) is 0 Å². The van der Waals surface area contributed by atoms with Crippen LogP contribution in [-0.2, 0) is 20.6 Å². The van der Waals surface area contributed by atoms with Gasteiger partial charge in [0.05, 0.1) is 0 Å². The zero-order valence-corrected chi connectivity index (χ0v) is 18.9. The van der Waals surface area contributed by atoms with Crippen LogP contribution in [0.3, 0.4) is 0 Å². The molecular formula is C25H44O3. The van der Waals surface area contributed by atoms with Crippen molar-refractivity contribution in [3.8, 4) is 0 Å². The molecule has 162 valence electrons. The van der Waals surface area contributed by atoms with E-state index in [1.165, 1.54) is 44.1 Å². The van der Waals surface area contributed by atoms with E-state index in [4.69, 9.17) is 14.2 Å². The van der Waals surface area contributed by atoms with Crippen LogP contribution in [0.25, 0.3) is 0 Å². The summed E-state index contributed by atoms with van der Waals surface area (Å²) in [5.41, 5.74) is 1.40. The maximum atomic E-state index is 6.13. The summed E-state index contributed by atoms with van der Waals surface area (Å²) >= 11 is 0. The number of ether oxygens (including phenoxy) is 3. The predicted molar refractivity (Wildman–Crippen MR) is 118 cm³/mol. The van der Waals surface area contributed by atoms with E-state index < -0.39 is 5.97 Å². The topological polar surface area (TPSA) is 27.7 Å². The van der Waals surface area contributed by atoms with Crippen LogP contribution >= 0.6 is 0 Å². The van der Waals surface area contributed by atoms with Crippen LogP contribution in [-0.4, -0.2) is 25.8 Å². The third-order valence-electron chi connectivity index (χ3n) is 5.30. The van der Waals surface area contributed by atoms with Crippen molar-refractivity contribution in [3.05, 3.63) is 35.9 Å². The highest BCUT2D eigenvalue weighted by Gasteiger charge is 2.41. The summed E-state index contributed by atoms with van der Waals surface area (Å²) < 4.78 is 18.4. The number of unbranched alkanes of at least 4 members (excludes halogenated alkanes) is 5. The van der Waals surface area contributed by atoms with Gasteiger partial charge in [-0.2, -0.15) is 0 Å². The fourth-order valence-electron chi connectivity index (χ4n) is 3.95. The molecule has 28 heavy (non-hydrogen) atoms. The third-order valence-corrected chi connectivity index (χ3v) is 5.30. The van der Waals surface area contributed by atoms with Crippen LogP contribution in [0.2, 0.25) is 0 Å². The van der Waals surface area contributed by atoms with E-state index in [2.05, 4.69) is 37.3 Å². The van der Waals surface area contributed by atoms with E-state index >= 15 is 0 Å². The zero-order chi connectivity index (χ0) is 20.5. The molecule has 3 nitrogen and oxygen atoms in total. The molecule has 1 aromatic rings. The first-order valence-corrected chi connectivity index (χ1v) is 11.7. The second-order valence-corrected chi connectivity index (χ2v) is 7.53. The van der Waals surface area contributed by atoms with Crippen LogP contribution in [0.4, 0.5) is 0 Å². The Morgan fingerprint density at radius 2 is 1.21 bits per heavy atom. The van der Waals surface area contributed by atoms with Crippen molar-refractivity contribution in [1.29, 1.82) is 0 Å². The average Bonchev–Trinajstić information content (AvgIpc) is 2.70. The molecular weight excluding hydrogens is 348 g/mol. The Morgan fingerprint density at radius 1 is 0.679 bits per heavy atom. The number of rotatable bonds is 18. The fourth-order valence-corrected chi connectivity index (χ4v) is 3.95. The Labute approximate surface area is 174 Å². The van der Waals surface area contributed by atoms with Crippen molar-refractivity contribution in [2.45, 2.75) is 97.9 Å². The summed E-state index contributed by atoms with van der Waals surface area (Å²) in [5, 5.41) is 0. The van der Waals surface area contributed by atoms with E-state index in [-0.39, 0.29) is 5.92 Å². The SMILES string of the molecule is CCCCCCCCC(CCCc1ccccc1)C(OCC)(OCC)OCC. The van der Waals surface area contributed by atoms with Gasteiger partial charge in [-0.1, -0.05) is 75.8 Å². The van der Waals surface area contributed by atoms with Gasteiger partial charge < -0.3 is 14.2 Å². The minimum Gasteiger partial charge on any atom is -0.328 e. The average molecular weight is 393 g/mol. The fraction of sp³-hybridized carbons (Fsp3) is 0.760. The molecule has 0 aliphatic heterocycles. The molecule has 0 aliphatic rings. The molecule has 0 bridgehead atoms. The second kappa shape index (κ2) is 16.0. The molecule has 0 saturated heterocycles. The quantitative estimate of drug-likeness (QED) is 0.196. The Bertz CT molecular complexity index is 443. The van der Waals surface area contributed by atoms with Gasteiger partial charge in [-0.25, -0.2) is 0 Å². The van der Waals surface area contributed by atoms with Gasteiger partial charge >= 0.3 is 0 Å². The lowest BCUT2D eigenvalue weighted by Gasteiger charge is -2.39. The molecule has 0 radical (unpaired) electrons. The Kier molecular flexibility index (Phi) is 14.3. The van der Waals surface area contributed by atoms with Crippen LogP contribution < -0.4 is 0 Å². The highest BCUT2D eigenvalue weighted by Crippen LogP contribution is 2.34. The van der Waals surface area contributed by atoms with Crippen molar-refractivity contribution in [2.24, 2.45) is 5.92 Å². The molecule has 0 aliphatic carbocycles. The molecule has 0 amide bonds. The first-order chi connectivity index (χ1) is 13.7. The minimum atomic E-state index is -0.891. The molecule has 0 spiro atoms. The summed E-state index contributed by atoms with van der Waals surface area (Å²) in [6, 6.07) is 10.7. The smallest absolute Gasteiger partial charge is 0.285 e. The maximum Gasteiger partial charge on any atom is 0.285 e. The standard InChI is InChI=1S/C25H44O3/c1-5-9-10-11-12-16-21-24(22-17-20-23-18-14-13-15-19-23)25(26-6-2,27-7-3)28-8-4/h13-15,18-19,24H,5-12,16-17,20-22H2,1-4H3. The van der Waals surface area contributed by atoms with Crippen molar-refractivity contribution >= 4 is 0 Å². The molecule has 0 aromatic heterocycles. The van der Waals surface area contributed by atoms with Gasteiger partial charge in [0.15, 0.2) is 0 Å². The maximum absolute atomic E-state index is 6.13. The summed E-state index contributed by atoms with van der Waals surface area (Å²) in [4.78, 5) is 0. The Hall–Kier alpha value is -0.900. The lowest BCUT2D eigenvalue weighted by molar-refractivity contribution is -0.403. The molecule has 1 aromatic carbocycles. The monoisotopic (exact) mass is 392 g/mol. The normalized spacial score (nSPS) is 13.0. The molecule has 1 atom stereocenters. The van der Waals surface area contributed by atoms with Crippen LogP contribution in [0, 0.1) is 5.92 Å². The van der Waals surface area contributed by atoms with E-state index in [1.54, 1.807) is 0 Å². The molecule has 0 fully saturated rings. The Morgan fingerprint density at radius 3 is 1.79 bits per heavy atom. The van der Waals surface area contributed by atoms with Gasteiger partial charge in [0.2, 0.25) is 0 Å². The van der Waals surface area contributed by atoms with E-state index in [1.807, 2.05) is 20.8 Å². The van der Waals surface area contributed by atoms with E-state index in [9.17, 15) is 0 Å². The van der Waals surface area contributed by atoms with Crippen LogP contribution in [0.15, 0.2) is 30.3 Å².